The fourth-order valence-corrected chi connectivity index (χ4v) is 4.02. The molecule has 0 bridgehead atoms. The number of rotatable bonds is 1. The van der Waals surface area contributed by atoms with Crippen molar-refractivity contribution in [3.8, 4) is 0 Å². The molecule has 2 saturated carbocycles. The lowest BCUT2D eigenvalue weighted by Crippen LogP contribution is -2.41. The van der Waals surface area contributed by atoms with Crippen molar-refractivity contribution in [2.45, 2.75) is 59.8 Å². The van der Waals surface area contributed by atoms with Crippen LogP contribution in [-0.4, -0.2) is 0 Å². The monoisotopic (exact) mass is 180 g/mol. The van der Waals surface area contributed by atoms with Crippen molar-refractivity contribution in [1.82, 2.24) is 0 Å². The van der Waals surface area contributed by atoms with E-state index in [9.17, 15) is 0 Å². The summed E-state index contributed by atoms with van der Waals surface area (Å²) in [7, 11) is 0. The molecular weight excluding hydrogens is 156 g/mol. The summed E-state index contributed by atoms with van der Waals surface area (Å²) in [6, 6.07) is 0. The predicted octanol–water partition coefficient (Wildman–Crippen LogP) is 4.25. The summed E-state index contributed by atoms with van der Waals surface area (Å²) >= 11 is 0. The van der Waals surface area contributed by atoms with Gasteiger partial charge in [0.1, 0.15) is 0 Å². The van der Waals surface area contributed by atoms with Gasteiger partial charge in [0.2, 0.25) is 0 Å². The van der Waals surface area contributed by atoms with Crippen molar-refractivity contribution in [1.29, 1.82) is 0 Å². The predicted molar refractivity (Wildman–Crippen MR) is 57.6 cm³/mol. The average Bonchev–Trinajstić information content (AvgIpc) is 2.82. The van der Waals surface area contributed by atoms with Crippen LogP contribution in [0.4, 0.5) is 0 Å². The van der Waals surface area contributed by atoms with Crippen LogP contribution in [0.15, 0.2) is 0 Å². The molecule has 0 aromatic carbocycles. The molecule has 0 aliphatic heterocycles. The number of hydrogen-bond donors (Lipinski definition) is 0. The van der Waals surface area contributed by atoms with E-state index in [1.54, 1.807) is 0 Å². The van der Waals surface area contributed by atoms with E-state index < -0.39 is 0 Å². The Hall–Kier alpha value is 0. The molecule has 0 nitrogen and oxygen atoms in total. The molecule has 2 aliphatic carbocycles. The van der Waals surface area contributed by atoms with E-state index in [1.807, 2.05) is 0 Å². The van der Waals surface area contributed by atoms with Crippen LogP contribution in [0.3, 0.4) is 0 Å². The zero-order valence-corrected chi connectivity index (χ0v) is 9.69. The first-order valence-electron chi connectivity index (χ1n) is 6.04. The van der Waals surface area contributed by atoms with Gasteiger partial charge < -0.3 is 0 Å². The zero-order valence-electron chi connectivity index (χ0n) is 9.69. The average molecular weight is 180 g/mol. The Morgan fingerprint density at radius 3 is 2.31 bits per heavy atom. The van der Waals surface area contributed by atoms with Crippen molar-refractivity contribution in [3.05, 3.63) is 0 Å². The molecule has 0 heteroatoms. The molecule has 0 heterocycles. The van der Waals surface area contributed by atoms with E-state index in [0.29, 0.717) is 5.41 Å². The minimum absolute atomic E-state index is 0.666. The molecule has 2 rings (SSSR count). The Morgan fingerprint density at radius 1 is 1.23 bits per heavy atom. The summed E-state index contributed by atoms with van der Waals surface area (Å²) in [5, 5.41) is 0. The van der Waals surface area contributed by atoms with Crippen LogP contribution in [-0.2, 0) is 0 Å². The normalized spacial score (nSPS) is 48.0. The third-order valence-corrected chi connectivity index (χ3v) is 5.38. The SMILES string of the molecule is CCC1(C)C(C)CC(C)CC12CC2. The maximum absolute atomic E-state index is 2.55. The van der Waals surface area contributed by atoms with Crippen LogP contribution in [0.2, 0.25) is 0 Å². The van der Waals surface area contributed by atoms with Gasteiger partial charge in [0, 0.05) is 0 Å². The fraction of sp³-hybridized carbons (Fsp3) is 1.00. The molecule has 76 valence electrons. The van der Waals surface area contributed by atoms with Crippen molar-refractivity contribution in [2.75, 3.05) is 0 Å². The highest BCUT2D eigenvalue weighted by Gasteiger charge is 2.59. The summed E-state index contributed by atoms with van der Waals surface area (Å²) in [6.07, 6.45) is 7.41. The summed E-state index contributed by atoms with van der Waals surface area (Å²) in [4.78, 5) is 0. The van der Waals surface area contributed by atoms with Gasteiger partial charge in [-0.3, -0.25) is 0 Å². The summed E-state index contributed by atoms with van der Waals surface area (Å²) in [5.74, 6) is 1.93. The van der Waals surface area contributed by atoms with Gasteiger partial charge in [-0.1, -0.05) is 27.7 Å². The van der Waals surface area contributed by atoms with E-state index >= 15 is 0 Å². The third-order valence-electron chi connectivity index (χ3n) is 5.38. The second-order valence-electron chi connectivity index (χ2n) is 6.00. The topological polar surface area (TPSA) is 0 Å². The Kier molecular flexibility index (Phi) is 2.02. The zero-order chi connectivity index (χ0) is 9.69. The molecule has 0 amide bonds. The molecule has 3 atom stereocenters. The van der Waals surface area contributed by atoms with Gasteiger partial charge in [0.05, 0.1) is 0 Å². The first kappa shape index (κ1) is 9.55. The van der Waals surface area contributed by atoms with Crippen molar-refractivity contribution in [3.63, 3.8) is 0 Å². The van der Waals surface area contributed by atoms with E-state index in [2.05, 4.69) is 27.7 Å². The largest absolute Gasteiger partial charge is 0.0648 e. The second kappa shape index (κ2) is 2.74. The molecule has 0 saturated heterocycles. The smallest absolute Gasteiger partial charge is 0.0238 e. The summed E-state index contributed by atoms with van der Waals surface area (Å²) < 4.78 is 0. The van der Waals surface area contributed by atoms with Crippen molar-refractivity contribution >= 4 is 0 Å². The van der Waals surface area contributed by atoms with E-state index in [0.717, 1.165) is 17.3 Å². The van der Waals surface area contributed by atoms with Gasteiger partial charge in [-0.15, -0.1) is 0 Å². The van der Waals surface area contributed by atoms with E-state index in [-0.39, 0.29) is 0 Å². The molecule has 0 aromatic rings. The highest BCUT2D eigenvalue weighted by Crippen LogP contribution is 2.69. The van der Waals surface area contributed by atoms with Gasteiger partial charge in [-0.25, -0.2) is 0 Å². The standard InChI is InChI=1S/C13H24/c1-5-12(4)11(3)8-10(2)9-13(12)6-7-13/h10-11H,5-9H2,1-4H3. The number of hydrogen-bond acceptors (Lipinski definition) is 0. The summed E-state index contributed by atoms with van der Waals surface area (Å²) in [5.41, 5.74) is 1.44. The first-order valence-corrected chi connectivity index (χ1v) is 6.04. The minimum Gasteiger partial charge on any atom is -0.0648 e. The fourth-order valence-electron chi connectivity index (χ4n) is 4.02. The Bertz CT molecular complexity index is 202. The van der Waals surface area contributed by atoms with Gasteiger partial charge in [0.15, 0.2) is 0 Å². The highest BCUT2D eigenvalue weighted by atomic mass is 14.6. The molecule has 1 spiro atoms. The minimum atomic E-state index is 0.666. The van der Waals surface area contributed by atoms with E-state index in [1.165, 1.54) is 32.1 Å². The molecule has 0 radical (unpaired) electrons. The lowest BCUT2D eigenvalue weighted by molar-refractivity contribution is 0.00189. The molecule has 3 unspecified atom stereocenters. The van der Waals surface area contributed by atoms with Gasteiger partial charge in [0.25, 0.3) is 0 Å². The van der Waals surface area contributed by atoms with Crippen LogP contribution in [0, 0.1) is 22.7 Å². The quantitative estimate of drug-likeness (QED) is 0.566. The van der Waals surface area contributed by atoms with Gasteiger partial charge >= 0.3 is 0 Å². The van der Waals surface area contributed by atoms with Crippen LogP contribution < -0.4 is 0 Å². The summed E-state index contributed by atoms with van der Waals surface area (Å²) in [6.45, 7) is 9.88. The van der Waals surface area contributed by atoms with E-state index in [4.69, 9.17) is 0 Å². The second-order valence-corrected chi connectivity index (χ2v) is 6.00. The molecule has 13 heavy (non-hydrogen) atoms. The Morgan fingerprint density at radius 2 is 1.85 bits per heavy atom. The lowest BCUT2D eigenvalue weighted by Gasteiger charge is -2.49. The van der Waals surface area contributed by atoms with Crippen LogP contribution in [0.25, 0.3) is 0 Å². The Balaban J connectivity index is 2.24. The molecule has 0 aromatic heterocycles. The van der Waals surface area contributed by atoms with Crippen LogP contribution in [0.5, 0.6) is 0 Å². The lowest BCUT2D eigenvalue weighted by atomic mass is 9.56. The van der Waals surface area contributed by atoms with Gasteiger partial charge in [-0.2, -0.15) is 0 Å². The van der Waals surface area contributed by atoms with Crippen LogP contribution >= 0.6 is 0 Å². The maximum atomic E-state index is 2.55. The maximum Gasteiger partial charge on any atom is -0.0238 e. The molecule has 2 aliphatic rings. The van der Waals surface area contributed by atoms with Crippen LogP contribution in [0.1, 0.15) is 59.8 Å². The highest BCUT2D eigenvalue weighted by molar-refractivity contribution is 5.09. The Labute approximate surface area is 83.1 Å². The third kappa shape index (κ3) is 1.17. The van der Waals surface area contributed by atoms with Crippen molar-refractivity contribution in [2.24, 2.45) is 22.7 Å². The van der Waals surface area contributed by atoms with Crippen molar-refractivity contribution < 1.29 is 0 Å². The van der Waals surface area contributed by atoms with Gasteiger partial charge in [-0.05, 0) is 54.8 Å². The molecular formula is C13H24. The first-order chi connectivity index (χ1) is 6.04. The molecule has 2 fully saturated rings. The molecule has 0 N–H and O–H groups in total.